The molecule has 21 heavy (non-hydrogen) atoms. The molecule has 0 aliphatic rings. The molecule has 1 heterocycles. The Morgan fingerprint density at radius 2 is 1.90 bits per heavy atom. The lowest BCUT2D eigenvalue weighted by Gasteiger charge is -2.18. The van der Waals surface area contributed by atoms with Gasteiger partial charge in [-0.2, -0.15) is 0 Å². The Balaban J connectivity index is 3.35. The number of carbonyl (C=O) groups excluding carboxylic acids is 1. The molecule has 0 fully saturated rings. The molecule has 1 amide bonds. The van der Waals surface area contributed by atoms with Crippen LogP contribution in [0, 0.1) is 5.92 Å². The number of nitrogens with one attached hydrogen (secondary N) is 2. The number of nitrogens with two attached hydrogens (primary N) is 1. The van der Waals surface area contributed by atoms with Crippen LogP contribution in [0.4, 0.5) is 10.7 Å². The number of rotatable bonds is 6. The minimum atomic E-state index is -3.52. The van der Waals surface area contributed by atoms with Gasteiger partial charge in [0.1, 0.15) is 14.8 Å². The highest BCUT2D eigenvalue weighted by molar-refractivity contribution is 7.91. The van der Waals surface area contributed by atoms with E-state index >= 15 is 0 Å². The zero-order valence-electron chi connectivity index (χ0n) is 13.0. The first-order valence-corrected chi connectivity index (χ1v) is 9.47. The molecule has 1 aromatic rings. The van der Waals surface area contributed by atoms with Crippen LogP contribution in [0.25, 0.3) is 0 Å². The molecule has 4 N–H and O–H groups in total. The lowest BCUT2D eigenvalue weighted by atomic mass is 10.1. The summed E-state index contributed by atoms with van der Waals surface area (Å²) in [5.41, 5.74) is 5.92. The Labute approximate surface area is 130 Å². The molecule has 120 valence electrons. The van der Waals surface area contributed by atoms with Crippen LogP contribution in [0.1, 0.15) is 37.4 Å². The summed E-state index contributed by atoms with van der Waals surface area (Å²) in [6.07, 6.45) is 1.10. The first-order valence-electron chi connectivity index (χ1n) is 6.76. The first-order chi connectivity index (χ1) is 9.59. The predicted octanol–water partition coefficient (Wildman–Crippen LogP) is 1.94. The van der Waals surface area contributed by atoms with Crippen molar-refractivity contribution in [3.05, 3.63) is 4.88 Å². The van der Waals surface area contributed by atoms with Gasteiger partial charge >= 0.3 is 0 Å². The molecule has 8 heteroatoms. The molecule has 0 saturated heterocycles. The van der Waals surface area contributed by atoms with Crippen molar-refractivity contribution in [1.82, 2.24) is 5.32 Å². The van der Waals surface area contributed by atoms with E-state index in [1.807, 2.05) is 20.8 Å². The van der Waals surface area contributed by atoms with Gasteiger partial charge in [0.2, 0.25) is 0 Å². The van der Waals surface area contributed by atoms with E-state index in [0.29, 0.717) is 17.5 Å². The number of thiophene rings is 1. The first kappa shape index (κ1) is 17.8. The van der Waals surface area contributed by atoms with Crippen LogP contribution in [0.5, 0.6) is 0 Å². The molecule has 1 rings (SSSR count). The largest absolute Gasteiger partial charge is 0.396 e. The van der Waals surface area contributed by atoms with Gasteiger partial charge in [-0.1, -0.05) is 13.8 Å². The van der Waals surface area contributed by atoms with Gasteiger partial charge in [0.05, 0.1) is 5.69 Å². The summed E-state index contributed by atoms with van der Waals surface area (Å²) in [7, 11) is -3.52. The van der Waals surface area contributed by atoms with Crippen molar-refractivity contribution in [3.63, 3.8) is 0 Å². The van der Waals surface area contributed by atoms with E-state index in [1.165, 1.54) is 0 Å². The molecule has 1 aromatic heterocycles. The molecule has 0 radical (unpaired) electrons. The third-order valence-electron chi connectivity index (χ3n) is 3.17. The zero-order chi connectivity index (χ0) is 16.4. The van der Waals surface area contributed by atoms with Gasteiger partial charge < -0.3 is 16.4 Å². The Kier molecular flexibility index (Phi) is 5.63. The quantitative estimate of drug-likeness (QED) is 0.738. The second-order valence-electron chi connectivity index (χ2n) is 5.31. The van der Waals surface area contributed by atoms with Crippen molar-refractivity contribution in [2.75, 3.05) is 23.9 Å². The number of carbonyl (C=O) groups is 1. The van der Waals surface area contributed by atoms with Gasteiger partial charge in [0, 0.05) is 18.8 Å². The average molecular weight is 333 g/mol. The van der Waals surface area contributed by atoms with E-state index < -0.39 is 9.84 Å². The maximum absolute atomic E-state index is 12.0. The summed E-state index contributed by atoms with van der Waals surface area (Å²) in [6.45, 7) is 8.26. The summed E-state index contributed by atoms with van der Waals surface area (Å²) in [4.78, 5) is 12.2. The topological polar surface area (TPSA) is 101 Å². The van der Waals surface area contributed by atoms with Gasteiger partial charge in [-0.25, -0.2) is 8.42 Å². The molecule has 6 nitrogen and oxygen atoms in total. The smallest absolute Gasteiger partial charge is 0.263 e. The highest BCUT2D eigenvalue weighted by atomic mass is 32.2. The minimum Gasteiger partial charge on any atom is -0.396 e. The zero-order valence-corrected chi connectivity index (χ0v) is 14.6. The molecule has 0 saturated carbocycles. The second kappa shape index (κ2) is 6.65. The van der Waals surface area contributed by atoms with Crippen LogP contribution < -0.4 is 16.4 Å². The van der Waals surface area contributed by atoms with Crippen molar-refractivity contribution >= 4 is 37.8 Å². The van der Waals surface area contributed by atoms with Crippen LogP contribution in [0.2, 0.25) is 0 Å². The summed E-state index contributed by atoms with van der Waals surface area (Å²) in [5.74, 6) is -0.0381. The average Bonchev–Trinajstić information content (AvgIpc) is 2.65. The molecule has 0 aliphatic heterocycles. The van der Waals surface area contributed by atoms with Crippen molar-refractivity contribution in [2.45, 2.75) is 38.6 Å². The Morgan fingerprint density at radius 1 is 1.33 bits per heavy atom. The van der Waals surface area contributed by atoms with Gasteiger partial charge in [-0.05, 0) is 19.8 Å². The van der Waals surface area contributed by atoms with Crippen LogP contribution in [0.15, 0.2) is 4.90 Å². The minimum absolute atomic E-state index is 0.0150. The summed E-state index contributed by atoms with van der Waals surface area (Å²) < 4.78 is 23.9. The summed E-state index contributed by atoms with van der Waals surface area (Å²) >= 11 is 1.08. The molecule has 0 aliphatic carbocycles. The predicted molar refractivity (Wildman–Crippen MR) is 87.8 cm³/mol. The van der Waals surface area contributed by atoms with E-state index in [4.69, 9.17) is 5.73 Å². The number of anilines is 2. The van der Waals surface area contributed by atoms with E-state index in [2.05, 4.69) is 10.6 Å². The van der Waals surface area contributed by atoms with Crippen LogP contribution in [0.3, 0.4) is 0 Å². The second-order valence-corrected chi connectivity index (χ2v) is 8.28. The van der Waals surface area contributed by atoms with Crippen molar-refractivity contribution in [3.8, 4) is 0 Å². The van der Waals surface area contributed by atoms with Gasteiger partial charge in [-0.3, -0.25) is 4.79 Å². The highest BCUT2D eigenvalue weighted by Gasteiger charge is 2.27. The number of hydrogen-bond acceptors (Lipinski definition) is 6. The van der Waals surface area contributed by atoms with E-state index in [-0.39, 0.29) is 27.4 Å². The molecule has 1 unspecified atom stereocenters. The monoisotopic (exact) mass is 333 g/mol. The standard InChI is InChI=1S/C13H23N3O3S2/c1-6-15-12(17)10-9(14)11(21(5,18)19)13(20-10)16-8(4)7(2)3/h7-8,16H,6,14H2,1-5H3,(H,15,17). The molecule has 0 bridgehead atoms. The normalized spacial score (nSPS) is 13.2. The van der Waals surface area contributed by atoms with Gasteiger partial charge in [-0.15, -0.1) is 11.3 Å². The van der Waals surface area contributed by atoms with E-state index in [1.54, 1.807) is 6.92 Å². The number of hydrogen-bond donors (Lipinski definition) is 3. The number of amides is 1. The number of nitrogen functional groups attached to an aromatic ring is 1. The third kappa shape index (κ3) is 4.10. The fourth-order valence-electron chi connectivity index (χ4n) is 1.67. The maximum atomic E-state index is 12.0. The molecular weight excluding hydrogens is 310 g/mol. The lowest BCUT2D eigenvalue weighted by molar-refractivity contribution is 0.0960. The van der Waals surface area contributed by atoms with Crippen molar-refractivity contribution < 1.29 is 13.2 Å². The van der Waals surface area contributed by atoms with Crippen LogP contribution >= 0.6 is 11.3 Å². The molecule has 0 aromatic carbocycles. The molecule has 0 spiro atoms. The van der Waals surface area contributed by atoms with E-state index in [9.17, 15) is 13.2 Å². The van der Waals surface area contributed by atoms with Crippen LogP contribution in [-0.2, 0) is 9.84 Å². The Hall–Kier alpha value is -1.28. The molecule has 1 atom stereocenters. The maximum Gasteiger partial charge on any atom is 0.263 e. The highest BCUT2D eigenvalue weighted by Crippen LogP contribution is 2.39. The Bertz CT molecular complexity index is 621. The number of sulfone groups is 1. The van der Waals surface area contributed by atoms with Gasteiger partial charge in [0.15, 0.2) is 9.84 Å². The fraction of sp³-hybridized carbons (Fsp3) is 0.615. The molecular formula is C13H23N3O3S2. The van der Waals surface area contributed by atoms with Crippen molar-refractivity contribution in [2.24, 2.45) is 5.92 Å². The summed E-state index contributed by atoms with van der Waals surface area (Å²) in [6, 6.07) is 0.0608. The third-order valence-corrected chi connectivity index (χ3v) is 5.60. The Morgan fingerprint density at radius 3 is 2.33 bits per heavy atom. The van der Waals surface area contributed by atoms with Gasteiger partial charge in [0.25, 0.3) is 5.91 Å². The summed E-state index contributed by atoms with van der Waals surface area (Å²) in [5, 5.41) is 6.22. The SMILES string of the molecule is CCNC(=O)c1sc(NC(C)C(C)C)c(S(C)(=O)=O)c1N. The van der Waals surface area contributed by atoms with Crippen LogP contribution in [-0.4, -0.2) is 33.2 Å². The van der Waals surface area contributed by atoms with Crippen molar-refractivity contribution in [1.29, 1.82) is 0 Å². The fourth-order valence-corrected chi connectivity index (χ4v) is 4.24. The van der Waals surface area contributed by atoms with E-state index in [0.717, 1.165) is 17.6 Å². The lowest BCUT2D eigenvalue weighted by Crippen LogP contribution is -2.22.